The van der Waals surface area contributed by atoms with E-state index in [1.54, 1.807) is 4.57 Å². The fourth-order valence-corrected chi connectivity index (χ4v) is 3.14. The van der Waals surface area contributed by atoms with Crippen molar-refractivity contribution in [2.75, 3.05) is 38.5 Å². The molecule has 1 aromatic heterocycles. The maximum absolute atomic E-state index is 11.5. The third-order valence-corrected chi connectivity index (χ3v) is 4.38. The van der Waals surface area contributed by atoms with Gasteiger partial charge in [-0.25, -0.2) is 9.89 Å². The standard InChI is InChI=1S/C12H23N5O2S/c1-2-5-17-11(19)14-15-12(17)20-9-10(18)8-16-6-3-13-4-7-16/h10,13,18H,2-9H2,1H3,(H,14,19). The Morgan fingerprint density at radius 3 is 2.90 bits per heavy atom. The molecule has 1 aliphatic rings. The molecule has 114 valence electrons. The molecule has 3 N–H and O–H groups in total. The second-order valence-corrected chi connectivity index (χ2v) is 5.97. The molecule has 2 rings (SSSR count). The van der Waals surface area contributed by atoms with E-state index in [1.807, 2.05) is 6.92 Å². The molecule has 1 aliphatic heterocycles. The zero-order valence-corrected chi connectivity index (χ0v) is 12.7. The molecule has 0 amide bonds. The Balaban J connectivity index is 1.80. The first kappa shape index (κ1) is 15.6. The number of β-amino-alcohol motifs (C(OH)–C–C–N with tert-alkyl or cyclic N) is 1. The number of thioether (sulfide) groups is 1. The van der Waals surface area contributed by atoms with Crippen LogP contribution in [-0.4, -0.2) is 69.4 Å². The molecule has 20 heavy (non-hydrogen) atoms. The number of H-pyrrole nitrogens is 1. The van der Waals surface area contributed by atoms with E-state index < -0.39 is 6.10 Å². The molecule has 0 spiro atoms. The average Bonchev–Trinajstić information content (AvgIpc) is 2.79. The summed E-state index contributed by atoms with van der Waals surface area (Å²) in [6, 6.07) is 0. The summed E-state index contributed by atoms with van der Waals surface area (Å²) in [5.74, 6) is 0.554. The topological polar surface area (TPSA) is 86.2 Å². The fourth-order valence-electron chi connectivity index (χ4n) is 2.25. The van der Waals surface area contributed by atoms with Crippen molar-refractivity contribution in [3.8, 4) is 0 Å². The lowest BCUT2D eigenvalue weighted by molar-refractivity contribution is 0.121. The van der Waals surface area contributed by atoms with Gasteiger partial charge in [0.15, 0.2) is 5.16 Å². The van der Waals surface area contributed by atoms with E-state index in [-0.39, 0.29) is 5.69 Å². The Labute approximate surface area is 122 Å². The smallest absolute Gasteiger partial charge is 0.343 e. The molecule has 0 saturated carbocycles. The van der Waals surface area contributed by atoms with Crippen LogP contribution in [0, 0.1) is 0 Å². The van der Waals surface area contributed by atoms with Gasteiger partial charge in [0, 0.05) is 45.0 Å². The monoisotopic (exact) mass is 301 g/mol. The zero-order chi connectivity index (χ0) is 14.4. The quantitative estimate of drug-likeness (QED) is 0.580. The Morgan fingerprint density at radius 1 is 1.45 bits per heavy atom. The van der Waals surface area contributed by atoms with Gasteiger partial charge in [0.1, 0.15) is 0 Å². The second kappa shape index (κ2) is 7.82. The van der Waals surface area contributed by atoms with Crippen LogP contribution in [0.2, 0.25) is 0 Å². The van der Waals surface area contributed by atoms with E-state index >= 15 is 0 Å². The maximum atomic E-state index is 11.5. The summed E-state index contributed by atoms with van der Waals surface area (Å²) >= 11 is 1.43. The molecule has 1 fully saturated rings. The van der Waals surface area contributed by atoms with Crippen molar-refractivity contribution >= 4 is 11.8 Å². The van der Waals surface area contributed by atoms with Crippen molar-refractivity contribution < 1.29 is 5.11 Å². The highest BCUT2D eigenvalue weighted by atomic mass is 32.2. The number of piperazine rings is 1. The Bertz CT molecular complexity index is 455. The van der Waals surface area contributed by atoms with Crippen molar-refractivity contribution in [1.82, 2.24) is 25.0 Å². The van der Waals surface area contributed by atoms with Crippen LogP contribution in [0.1, 0.15) is 13.3 Å². The van der Waals surface area contributed by atoms with Crippen LogP contribution in [0.15, 0.2) is 9.95 Å². The van der Waals surface area contributed by atoms with Crippen LogP contribution >= 0.6 is 11.8 Å². The van der Waals surface area contributed by atoms with Crippen LogP contribution in [0.4, 0.5) is 0 Å². The van der Waals surface area contributed by atoms with Crippen LogP contribution in [-0.2, 0) is 6.54 Å². The highest BCUT2D eigenvalue weighted by molar-refractivity contribution is 7.99. The first-order valence-electron chi connectivity index (χ1n) is 7.10. The summed E-state index contributed by atoms with van der Waals surface area (Å²) in [7, 11) is 0. The summed E-state index contributed by atoms with van der Waals surface area (Å²) in [5, 5.41) is 20.5. The number of aromatic amines is 1. The largest absolute Gasteiger partial charge is 0.391 e. The number of hydrogen-bond donors (Lipinski definition) is 3. The number of nitrogens with one attached hydrogen (secondary N) is 2. The van der Waals surface area contributed by atoms with Gasteiger partial charge in [0.05, 0.1) is 6.10 Å². The molecule has 1 saturated heterocycles. The van der Waals surface area contributed by atoms with E-state index in [1.165, 1.54) is 11.8 Å². The minimum absolute atomic E-state index is 0.175. The van der Waals surface area contributed by atoms with Gasteiger partial charge >= 0.3 is 5.69 Å². The van der Waals surface area contributed by atoms with Gasteiger partial charge in [0.2, 0.25) is 0 Å². The van der Waals surface area contributed by atoms with Crippen molar-refractivity contribution in [1.29, 1.82) is 0 Å². The predicted molar refractivity (Wildman–Crippen MR) is 79.2 cm³/mol. The summed E-state index contributed by atoms with van der Waals surface area (Å²) in [5.41, 5.74) is -0.175. The lowest BCUT2D eigenvalue weighted by atomic mass is 10.3. The number of aromatic nitrogens is 3. The van der Waals surface area contributed by atoms with Crippen molar-refractivity contribution in [2.45, 2.75) is 31.1 Å². The van der Waals surface area contributed by atoms with E-state index in [0.29, 0.717) is 24.0 Å². The van der Waals surface area contributed by atoms with E-state index in [0.717, 1.165) is 32.6 Å². The highest BCUT2D eigenvalue weighted by Gasteiger charge is 2.16. The summed E-state index contributed by atoms with van der Waals surface area (Å²) in [6.07, 6.45) is 0.482. The molecule has 1 atom stereocenters. The van der Waals surface area contributed by atoms with Gasteiger partial charge < -0.3 is 10.4 Å². The maximum Gasteiger partial charge on any atom is 0.343 e. The minimum atomic E-state index is -0.403. The van der Waals surface area contributed by atoms with Crippen molar-refractivity contribution in [3.05, 3.63) is 10.5 Å². The Kier molecular flexibility index (Phi) is 6.08. The van der Waals surface area contributed by atoms with Crippen molar-refractivity contribution in [3.63, 3.8) is 0 Å². The molecule has 1 unspecified atom stereocenters. The summed E-state index contributed by atoms with van der Waals surface area (Å²) in [4.78, 5) is 13.8. The fraction of sp³-hybridized carbons (Fsp3) is 0.833. The van der Waals surface area contributed by atoms with E-state index in [9.17, 15) is 9.90 Å². The molecule has 2 heterocycles. The van der Waals surface area contributed by atoms with Crippen LogP contribution in [0.3, 0.4) is 0 Å². The molecule has 8 heteroatoms. The number of hydrogen-bond acceptors (Lipinski definition) is 6. The third kappa shape index (κ3) is 4.34. The highest BCUT2D eigenvalue weighted by Crippen LogP contribution is 2.15. The molecule has 0 radical (unpaired) electrons. The zero-order valence-electron chi connectivity index (χ0n) is 11.8. The van der Waals surface area contributed by atoms with Gasteiger partial charge in [-0.05, 0) is 6.42 Å². The average molecular weight is 301 g/mol. The minimum Gasteiger partial charge on any atom is -0.391 e. The molecule has 0 aliphatic carbocycles. The Hall–Kier alpha value is -0.830. The van der Waals surface area contributed by atoms with Gasteiger partial charge in [-0.1, -0.05) is 18.7 Å². The summed E-state index contributed by atoms with van der Waals surface area (Å²) < 4.78 is 1.63. The number of nitrogens with zero attached hydrogens (tertiary/aromatic N) is 3. The SMILES string of the molecule is CCCn1c(SCC(O)CN2CCNCC2)n[nH]c1=O. The molecule has 7 nitrogen and oxygen atoms in total. The molecular formula is C12H23N5O2S. The number of rotatable bonds is 7. The number of aliphatic hydroxyl groups excluding tert-OH is 1. The van der Waals surface area contributed by atoms with E-state index in [2.05, 4.69) is 20.4 Å². The van der Waals surface area contributed by atoms with Gasteiger partial charge in [0.25, 0.3) is 0 Å². The van der Waals surface area contributed by atoms with Gasteiger partial charge in [-0.2, -0.15) is 0 Å². The van der Waals surface area contributed by atoms with Crippen molar-refractivity contribution in [2.24, 2.45) is 0 Å². The van der Waals surface area contributed by atoms with Gasteiger partial charge in [-0.15, -0.1) is 5.10 Å². The molecule has 0 bridgehead atoms. The third-order valence-electron chi connectivity index (χ3n) is 3.25. The molecular weight excluding hydrogens is 278 g/mol. The van der Waals surface area contributed by atoms with E-state index in [4.69, 9.17) is 0 Å². The number of aliphatic hydroxyl groups is 1. The second-order valence-electron chi connectivity index (χ2n) is 4.98. The molecule has 1 aromatic rings. The summed E-state index contributed by atoms with van der Waals surface area (Å²) in [6.45, 7) is 7.27. The first-order valence-corrected chi connectivity index (χ1v) is 8.08. The predicted octanol–water partition coefficient (Wildman–Crippen LogP) is -0.660. The normalized spacial score (nSPS) is 18.3. The van der Waals surface area contributed by atoms with Crippen LogP contribution < -0.4 is 11.0 Å². The van der Waals surface area contributed by atoms with Gasteiger partial charge in [-0.3, -0.25) is 9.47 Å². The lowest BCUT2D eigenvalue weighted by Gasteiger charge is -2.28. The first-order chi connectivity index (χ1) is 9.70. The van der Waals surface area contributed by atoms with Crippen LogP contribution in [0.25, 0.3) is 0 Å². The Morgan fingerprint density at radius 2 is 2.20 bits per heavy atom. The van der Waals surface area contributed by atoms with Crippen LogP contribution in [0.5, 0.6) is 0 Å². The lowest BCUT2D eigenvalue weighted by Crippen LogP contribution is -2.46. The molecule has 0 aromatic carbocycles.